The van der Waals surface area contributed by atoms with E-state index in [0.717, 1.165) is 5.01 Å². The highest BCUT2D eigenvalue weighted by molar-refractivity contribution is 7.15. The molecule has 0 saturated heterocycles. The zero-order valence-corrected chi connectivity index (χ0v) is 9.91. The van der Waals surface area contributed by atoms with Crippen molar-refractivity contribution in [3.8, 4) is 0 Å². The number of nitrogens with zero attached hydrogens (tertiary/aromatic N) is 2. The average molecular weight is 239 g/mol. The first kappa shape index (κ1) is 11.1. The Hall–Kier alpha value is -1.40. The monoisotopic (exact) mass is 239 g/mol. The van der Waals surface area contributed by atoms with Crippen molar-refractivity contribution in [2.45, 2.75) is 19.4 Å². The lowest BCUT2D eigenvalue weighted by Gasteiger charge is -2.20. The molecular weight excluding hydrogens is 226 g/mol. The topological polar surface area (TPSA) is 71.2 Å². The Bertz CT molecular complexity index is 450. The number of rotatable bonds is 4. The van der Waals surface area contributed by atoms with Crippen molar-refractivity contribution in [3.63, 3.8) is 0 Å². The van der Waals surface area contributed by atoms with Gasteiger partial charge in [0.2, 0.25) is 5.13 Å². The molecule has 2 heterocycles. The lowest BCUT2D eigenvalue weighted by molar-refractivity contribution is 0.0476. The van der Waals surface area contributed by atoms with Gasteiger partial charge in [-0.25, -0.2) is 0 Å². The maximum absolute atomic E-state index is 10.1. The molecule has 2 aromatic heterocycles. The summed E-state index contributed by atoms with van der Waals surface area (Å²) in [6.45, 7) is 3.90. The fourth-order valence-electron chi connectivity index (χ4n) is 1.29. The number of aromatic nitrogens is 2. The molecule has 0 bridgehead atoms. The third kappa shape index (κ3) is 2.40. The molecule has 6 heteroatoms. The van der Waals surface area contributed by atoms with Gasteiger partial charge in [-0.1, -0.05) is 11.3 Å². The van der Waals surface area contributed by atoms with E-state index >= 15 is 0 Å². The Morgan fingerprint density at radius 1 is 1.56 bits per heavy atom. The second kappa shape index (κ2) is 4.23. The van der Waals surface area contributed by atoms with E-state index < -0.39 is 5.60 Å². The Balaban J connectivity index is 2.00. The molecule has 0 aliphatic carbocycles. The highest BCUT2D eigenvalue weighted by Gasteiger charge is 2.26. The number of hydrogen-bond acceptors (Lipinski definition) is 6. The molecule has 16 heavy (non-hydrogen) atoms. The highest BCUT2D eigenvalue weighted by atomic mass is 32.1. The Morgan fingerprint density at radius 2 is 2.38 bits per heavy atom. The van der Waals surface area contributed by atoms with Gasteiger partial charge >= 0.3 is 0 Å². The van der Waals surface area contributed by atoms with Crippen LogP contribution < -0.4 is 5.32 Å². The first-order chi connectivity index (χ1) is 7.58. The highest BCUT2D eigenvalue weighted by Crippen LogP contribution is 2.22. The summed E-state index contributed by atoms with van der Waals surface area (Å²) < 4.78 is 5.17. The van der Waals surface area contributed by atoms with Crippen molar-refractivity contribution in [2.75, 3.05) is 11.9 Å². The van der Waals surface area contributed by atoms with Gasteiger partial charge in [-0.2, -0.15) is 0 Å². The van der Waals surface area contributed by atoms with Gasteiger partial charge in [0.1, 0.15) is 16.4 Å². The average Bonchev–Trinajstić information content (AvgIpc) is 2.85. The molecule has 0 saturated carbocycles. The van der Waals surface area contributed by atoms with E-state index in [-0.39, 0.29) is 0 Å². The molecule has 0 amide bonds. The quantitative estimate of drug-likeness (QED) is 0.850. The van der Waals surface area contributed by atoms with E-state index in [1.165, 1.54) is 11.3 Å². The van der Waals surface area contributed by atoms with E-state index in [1.807, 2.05) is 6.92 Å². The third-order valence-corrected chi connectivity index (χ3v) is 2.96. The van der Waals surface area contributed by atoms with Crippen LogP contribution in [0.1, 0.15) is 17.7 Å². The number of hydrogen-bond donors (Lipinski definition) is 2. The number of aryl methyl sites for hydroxylation is 1. The molecule has 0 aromatic carbocycles. The Kier molecular flexibility index (Phi) is 2.93. The van der Waals surface area contributed by atoms with Crippen LogP contribution in [0, 0.1) is 6.92 Å². The first-order valence-electron chi connectivity index (χ1n) is 4.88. The minimum absolute atomic E-state index is 0.329. The summed E-state index contributed by atoms with van der Waals surface area (Å²) in [5.74, 6) is 0.529. The van der Waals surface area contributed by atoms with Gasteiger partial charge in [-0.05, 0) is 26.0 Å². The molecule has 0 aliphatic rings. The SMILES string of the molecule is Cc1nnc(NCC(C)(O)c2ccco2)s1. The van der Waals surface area contributed by atoms with E-state index in [9.17, 15) is 5.11 Å². The predicted octanol–water partition coefficient (Wildman–Crippen LogP) is 1.76. The summed E-state index contributed by atoms with van der Waals surface area (Å²) >= 11 is 1.45. The van der Waals surface area contributed by atoms with Crippen molar-refractivity contribution in [1.29, 1.82) is 0 Å². The van der Waals surface area contributed by atoms with E-state index in [4.69, 9.17) is 4.42 Å². The van der Waals surface area contributed by atoms with Crippen molar-refractivity contribution in [1.82, 2.24) is 10.2 Å². The van der Waals surface area contributed by atoms with Gasteiger partial charge in [0, 0.05) is 0 Å². The normalized spacial score (nSPS) is 14.7. The summed E-state index contributed by atoms with van der Waals surface area (Å²) in [5.41, 5.74) is -1.05. The van der Waals surface area contributed by atoms with E-state index in [2.05, 4.69) is 15.5 Å². The van der Waals surface area contributed by atoms with Crippen LogP contribution in [0.4, 0.5) is 5.13 Å². The van der Waals surface area contributed by atoms with Crippen LogP contribution in [0.15, 0.2) is 22.8 Å². The fraction of sp³-hybridized carbons (Fsp3) is 0.400. The number of nitrogens with one attached hydrogen (secondary N) is 1. The molecule has 0 spiro atoms. The van der Waals surface area contributed by atoms with E-state index in [1.54, 1.807) is 25.3 Å². The molecule has 2 N–H and O–H groups in total. The predicted molar refractivity (Wildman–Crippen MR) is 61.4 cm³/mol. The molecule has 2 rings (SSSR count). The van der Waals surface area contributed by atoms with Gasteiger partial charge < -0.3 is 14.8 Å². The maximum Gasteiger partial charge on any atom is 0.205 e. The van der Waals surface area contributed by atoms with Crippen LogP contribution >= 0.6 is 11.3 Å². The second-order valence-corrected chi connectivity index (χ2v) is 4.91. The number of anilines is 1. The molecule has 0 radical (unpaired) electrons. The van der Waals surface area contributed by atoms with Crippen LogP contribution in [-0.4, -0.2) is 21.8 Å². The van der Waals surface area contributed by atoms with Crippen LogP contribution in [0.3, 0.4) is 0 Å². The lowest BCUT2D eigenvalue weighted by Crippen LogP contribution is -2.30. The molecule has 2 aromatic rings. The molecule has 86 valence electrons. The minimum atomic E-state index is -1.05. The molecule has 1 atom stereocenters. The molecule has 5 nitrogen and oxygen atoms in total. The zero-order valence-electron chi connectivity index (χ0n) is 9.10. The van der Waals surface area contributed by atoms with Crippen LogP contribution in [0.5, 0.6) is 0 Å². The third-order valence-electron chi connectivity index (χ3n) is 2.16. The van der Waals surface area contributed by atoms with Crippen molar-refractivity contribution in [3.05, 3.63) is 29.2 Å². The van der Waals surface area contributed by atoms with Crippen molar-refractivity contribution >= 4 is 16.5 Å². The fourth-order valence-corrected chi connectivity index (χ4v) is 1.88. The van der Waals surface area contributed by atoms with E-state index in [0.29, 0.717) is 17.4 Å². The maximum atomic E-state index is 10.1. The van der Waals surface area contributed by atoms with Crippen molar-refractivity contribution < 1.29 is 9.52 Å². The summed E-state index contributed by atoms with van der Waals surface area (Å²) in [7, 11) is 0. The van der Waals surface area contributed by atoms with Crippen LogP contribution in [-0.2, 0) is 5.60 Å². The van der Waals surface area contributed by atoms with Crippen molar-refractivity contribution in [2.24, 2.45) is 0 Å². The first-order valence-corrected chi connectivity index (χ1v) is 5.70. The molecule has 1 unspecified atom stereocenters. The zero-order chi connectivity index (χ0) is 11.6. The smallest absolute Gasteiger partial charge is 0.205 e. The summed E-state index contributed by atoms with van der Waals surface area (Å²) in [6.07, 6.45) is 1.54. The van der Waals surface area contributed by atoms with Gasteiger partial charge in [0.05, 0.1) is 12.8 Å². The molecule has 0 fully saturated rings. The van der Waals surface area contributed by atoms with Gasteiger partial charge in [-0.3, -0.25) is 0 Å². The minimum Gasteiger partial charge on any atom is -0.466 e. The van der Waals surface area contributed by atoms with Gasteiger partial charge in [0.15, 0.2) is 0 Å². The Labute approximate surface area is 97.1 Å². The summed E-state index contributed by atoms with van der Waals surface area (Å²) in [4.78, 5) is 0. The number of furan rings is 1. The largest absolute Gasteiger partial charge is 0.466 e. The Morgan fingerprint density at radius 3 is 2.94 bits per heavy atom. The molecule has 0 aliphatic heterocycles. The van der Waals surface area contributed by atoms with Crippen LogP contribution in [0.2, 0.25) is 0 Å². The summed E-state index contributed by atoms with van der Waals surface area (Å²) in [6, 6.07) is 3.49. The summed E-state index contributed by atoms with van der Waals surface area (Å²) in [5, 5.41) is 22.6. The van der Waals surface area contributed by atoms with Crippen LogP contribution in [0.25, 0.3) is 0 Å². The number of aliphatic hydroxyl groups is 1. The van der Waals surface area contributed by atoms with Gasteiger partial charge in [-0.15, -0.1) is 10.2 Å². The van der Waals surface area contributed by atoms with Gasteiger partial charge in [0.25, 0.3) is 0 Å². The lowest BCUT2D eigenvalue weighted by atomic mass is 10.0. The molecular formula is C10H13N3O2S. The second-order valence-electron chi connectivity index (χ2n) is 3.73. The standard InChI is InChI=1S/C10H13N3O2S/c1-7-12-13-9(16-7)11-6-10(2,14)8-4-3-5-15-8/h3-5,14H,6H2,1-2H3,(H,11,13).